The second-order valence-electron chi connectivity index (χ2n) is 6.02. The van der Waals surface area contributed by atoms with E-state index < -0.39 is 0 Å². The quantitative estimate of drug-likeness (QED) is 0.815. The number of amides is 1. The zero-order chi connectivity index (χ0) is 12.5. The highest BCUT2D eigenvalue weighted by atomic mass is 16.2. The van der Waals surface area contributed by atoms with E-state index in [2.05, 4.69) is 18.7 Å². The zero-order valence-corrected chi connectivity index (χ0v) is 11.3. The SMILES string of the molecule is CCC(CC)(CN)C(=O)N1CCC2(CCC2)C1. The first-order valence-corrected chi connectivity index (χ1v) is 7.11. The van der Waals surface area contributed by atoms with Crippen molar-refractivity contribution in [2.45, 2.75) is 52.4 Å². The van der Waals surface area contributed by atoms with E-state index in [0.717, 1.165) is 25.9 Å². The molecule has 0 aromatic heterocycles. The first-order valence-electron chi connectivity index (χ1n) is 7.11. The Bertz CT molecular complexity index is 284. The van der Waals surface area contributed by atoms with Crippen molar-refractivity contribution in [3.05, 3.63) is 0 Å². The Morgan fingerprint density at radius 2 is 1.94 bits per heavy atom. The standard InChI is InChI=1S/C14H26N2O/c1-3-14(4-2,10-15)12(17)16-9-8-13(11-16)6-5-7-13/h3-11,15H2,1-2H3. The molecule has 0 radical (unpaired) electrons. The summed E-state index contributed by atoms with van der Waals surface area (Å²) in [6.45, 7) is 6.61. The molecule has 2 aliphatic rings. The van der Waals surface area contributed by atoms with Gasteiger partial charge in [0.1, 0.15) is 0 Å². The molecule has 98 valence electrons. The van der Waals surface area contributed by atoms with Crippen LogP contribution in [0.15, 0.2) is 0 Å². The molecule has 0 unspecified atom stereocenters. The number of carbonyl (C=O) groups is 1. The highest BCUT2D eigenvalue weighted by molar-refractivity contribution is 5.83. The van der Waals surface area contributed by atoms with Crippen molar-refractivity contribution in [3.8, 4) is 0 Å². The fraction of sp³-hybridized carbons (Fsp3) is 0.929. The Morgan fingerprint density at radius 1 is 1.29 bits per heavy atom. The predicted molar refractivity (Wildman–Crippen MR) is 69.6 cm³/mol. The third-order valence-corrected chi connectivity index (χ3v) is 5.34. The van der Waals surface area contributed by atoms with Gasteiger partial charge in [0.15, 0.2) is 0 Å². The second-order valence-corrected chi connectivity index (χ2v) is 6.02. The lowest BCUT2D eigenvalue weighted by molar-refractivity contribution is -0.141. The summed E-state index contributed by atoms with van der Waals surface area (Å²) < 4.78 is 0. The molecule has 2 rings (SSSR count). The molecule has 1 saturated heterocycles. The minimum Gasteiger partial charge on any atom is -0.342 e. The van der Waals surface area contributed by atoms with Gasteiger partial charge in [-0.25, -0.2) is 0 Å². The monoisotopic (exact) mass is 238 g/mol. The molecule has 1 heterocycles. The zero-order valence-electron chi connectivity index (χ0n) is 11.3. The second kappa shape index (κ2) is 4.60. The molecular formula is C14H26N2O. The Labute approximate surface area is 105 Å². The van der Waals surface area contributed by atoms with Gasteiger partial charge in [-0.15, -0.1) is 0 Å². The number of rotatable bonds is 4. The number of carbonyl (C=O) groups excluding carboxylic acids is 1. The van der Waals surface area contributed by atoms with E-state index in [0.29, 0.717) is 17.9 Å². The van der Waals surface area contributed by atoms with E-state index in [1.165, 1.54) is 25.7 Å². The normalized spacial score (nSPS) is 22.9. The molecule has 1 amide bonds. The number of nitrogens with zero attached hydrogens (tertiary/aromatic N) is 1. The van der Waals surface area contributed by atoms with E-state index in [1.807, 2.05) is 0 Å². The topological polar surface area (TPSA) is 46.3 Å². The van der Waals surface area contributed by atoms with Crippen LogP contribution < -0.4 is 5.73 Å². The number of likely N-dealkylation sites (tertiary alicyclic amines) is 1. The van der Waals surface area contributed by atoms with Crippen LogP contribution in [0.5, 0.6) is 0 Å². The molecule has 3 nitrogen and oxygen atoms in total. The summed E-state index contributed by atoms with van der Waals surface area (Å²) in [6.07, 6.45) is 6.94. The molecule has 17 heavy (non-hydrogen) atoms. The molecule has 1 aliphatic heterocycles. The molecule has 1 saturated carbocycles. The lowest BCUT2D eigenvalue weighted by atomic mass is 9.68. The summed E-state index contributed by atoms with van der Waals surface area (Å²) in [5.41, 5.74) is 6.07. The van der Waals surface area contributed by atoms with E-state index in [9.17, 15) is 4.79 Å². The Morgan fingerprint density at radius 3 is 2.29 bits per heavy atom. The number of hydrogen-bond acceptors (Lipinski definition) is 2. The van der Waals surface area contributed by atoms with Crippen molar-refractivity contribution >= 4 is 5.91 Å². The fourth-order valence-corrected chi connectivity index (χ4v) is 3.46. The Balaban J connectivity index is 2.04. The highest BCUT2D eigenvalue weighted by Crippen LogP contribution is 2.48. The van der Waals surface area contributed by atoms with Crippen LogP contribution in [-0.2, 0) is 4.79 Å². The first-order chi connectivity index (χ1) is 8.11. The number of nitrogens with two attached hydrogens (primary N) is 1. The molecular weight excluding hydrogens is 212 g/mol. The van der Waals surface area contributed by atoms with Crippen molar-refractivity contribution in [1.29, 1.82) is 0 Å². The van der Waals surface area contributed by atoms with Crippen LogP contribution in [0.3, 0.4) is 0 Å². The van der Waals surface area contributed by atoms with E-state index in [1.54, 1.807) is 0 Å². The molecule has 1 spiro atoms. The van der Waals surface area contributed by atoms with Gasteiger partial charge in [0.05, 0.1) is 5.41 Å². The van der Waals surface area contributed by atoms with Crippen LogP contribution in [0.4, 0.5) is 0 Å². The number of hydrogen-bond donors (Lipinski definition) is 1. The van der Waals surface area contributed by atoms with E-state index in [4.69, 9.17) is 5.73 Å². The molecule has 0 aromatic rings. The third-order valence-electron chi connectivity index (χ3n) is 5.34. The summed E-state index contributed by atoms with van der Waals surface area (Å²) in [5.74, 6) is 0.314. The predicted octanol–water partition coefficient (Wildman–Crippen LogP) is 2.15. The van der Waals surface area contributed by atoms with Crippen molar-refractivity contribution in [2.24, 2.45) is 16.6 Å². The Kier molecular flexibility index (Phi) is 3.48. The van der Waals surface area contributed by atoms with Gasteiger partial charge in [0, 0.05) is 19.6 Å². The molecule has 1 aliphatic carbocycles. The van der Waals surface area contributed by atoms with Gasteiger partial charge in [0.25, 0.3) is 0 Å². The summed E-state index contributed by atoms with van der Waals surface area (Å²) in [4.78, 5) is 14.7. The molecule has 0 aromatic carbocycles. The van der Waals surface area contributed by atoms with Crippen molar-refractivity contribution < 1.29 is 4.79 Å². The van der Waals surface area contributed by atoms with Gasteiger partial charge < -0.3 is 10.6 Å². The lowest BCUT2D eigenvalue weighted by Gasteiger charge is -2.39. The summed E-state index contributed by atoms with van der Waals surface area (Å²) >= 11 is 0. The minimum atomic E-state index is -0.296. The molecule has 3 heteroatoms. The average Bonchev–Trinajstić information content (AvgIpc) is 2.76. The van der Waals surface area contributed by atoms with Crippen molar-refractivity contribution in [3.63, 3.8) is 0 Å². The summed E-state index contributed by atoms with van der Waals surface area (Å²) in [6, 6.07) is 0. The summed E-state index contributed by atoms with van der Waals surface area (Å²) in [5, 5.41) is 0. The van der Waals surface area contributed by atoms with Crippen LogP contribution >= 0.6 is 0 Å². The lowest BCUT2D eigenvalue weighted by Crippen LogP contribution is -2.47. The highest BCUT2D eigenvalue weighted by Gasteiger charge is 2.47. The van der Waals surface area contributed by atoms with Gasteiger partial charge in [-0.1, -0.05) is 20.3 Å². The van der Waals surface area contributed by atoms with Gasteiger partial charge in [-0.2, -0.15) is 0 Å². The smallest absolute Gasteiger partial charge is 0.230 e. The fourth-order valence-electron chi connectivity index (χ4n) is 3.46. The van der Waals surface area contributed by atoms with Gasteiger partial charge in [-0.05, 0) is 37.5 Å². The first kappa shape index (κ1) is 12.9. The van der Waals surface area contributed by atoms with Crippen molar-refractivity contribution in [1.82, 2.24) is 4.90 Å². The van der Waals surface area contributed by atoms with E-state index >= 15 is 0 Å². The third kappa shape index (κ3) is 1.99. The van der Waals surface area contributed by atoms with Crippen LogP contribution in [0, 0.1) is 10.8 Å². The van der Waals surface area contributed by atoms with E-state index in [-0.39, 0.29) is 5.41 Å². The largest absolute Gasteiger partial charge is 0.342 e. The van der Waals surface area contributed by atoms with Crippen LogP contribution in [0.1, 0.15) is 52.4 Å². The summed E-state index contributed by atoms with van der Waals surface area (Å²) in [7, 11) is 0. The molecule has 0 atom stereocenters. The van der Waals surface area contributed by atoms with Crippen LogP contribution in [-0.4, -0.2) is 30.4 Å². The van der Waals surface area contributed by atoms with Gasteiger partial charge in [-0.3, -0.25) is 4.79 Å². The maximum Gasteiger partial charge on any atom is 0.230 e. The van der Waals surface area contributed by atoms with Gasteiger partial charge >= 0.3 is 0 Å². The molecule has 0 bridgehead atoms. The molecule has 2 fully saturated rings. The Hall–Kier alpha value is -0.570. The van der Waals surface area contributed by atoms with Crippen LogP contribution in [0.2, 0.25) is 0 Å². The van der Waals surface area contributed by atoms with Crippen molar-refractivity contribution in [2.75, 3.05) is 19.6 Å². The maximum atomic E-state index is 12.6. The molecule has 2 N–H and O–H groups in total. The minimum absolute atomic E-state index is 0.296. The van der Waals surface area contributed by atoms with Gasteiger partial charge in [0.2, 0.25) is 5.91 Å². The van der Waals surface area contributed by atoms with Crippen LogP contribution in [0.25, 0.3) is 0 Å². The maximum absolute atomic E-state index is 12.6. The average molecular weight is 238 g/mol.